The average Bonchev–Trinajstić information content (AvgIpc) is 3.17. The van der Waals surface area contributed by atoms with Crippen LogP contribution in [0.4, 0.5) is 5.69 Å². The predicted molar refractivity (Wildman–Crippen MR) is 137 cm³/mol. The Balaban J connectivity index is 1.72. The van der Waals surface area contributed by atoms with Crippen molar-refractivity contribution in [1.82, 2.24) is 4.57 Å². The van der Waals surface area contributed by atoms with E-state index >= 15 is 0 Å². The zero-order valence-corrected chi connectivity index (χ0v) is 20.2. The van der Waals surface area contributed by atoms with Gasteiger partial charge in [-0.05, 0) is 49.2 Å². The van der Waals surface area contributed by atoms with Gasteiger partial charge in [0.1, 0.15) is 6.04 Å². The van der Waals surface area contributed by atoms with Crippen molar-refractivity contribution >= 4 is 45.0 Å². The quantitative estimate of drug-likeness (QED) is 0.384. The van der Waals surface area contributed by atoms with Gasteiger partial charge in [0.2, 0.25) is 5.91 Å². The maximum atomic E-state index is 12.8. The fourth-order valence-electron chi connectivity index (χ4n) is 3.80. The van der Waals surface area contributed by atoms with Crippen LogP contribution in [0.15, 0.2) is 77.8 Å². The third kappa shape index (κ3) is 5.55. The summed E-state index contributed by atoms with van der Waals surface area (Å²) < 4.78 is 2.31. The van der Waals surface area contributed by atoms with Gasteiger partial charge in [-0.25, -0.2) is 4.79 Å². The number of carboxylic acid groups (broad SMARTS) is 1. The molecule has 4 aromatic rings. The van der Waals surface area contributed by atoms with Gasteiger partial charge in [-0.1, -0.05) is 66.3 Å². The Hall–Kier alpha value is -4.04. The normalized spacial score (nSPS) is 12.5. The van der Waals surface area contributed by atoms with Crippen LogP contribution in [0.3, 0.4) is 0 Å². The number of fused-ring (bicyclic) bond motifs is 1. The molecule has 7 nitrogen and oxygen atoms in total. The Morgan fingerprint density at radius 2 is 1.74 bits per heavy atom. The van der Waals surface area contributed by atoms with E-state index in [0.717, 1.165) is 15.8 Å². The van der Waals surface area contributed by atoms with Crippen molar-refractivity contribution in [2.24, 2.45) is 4.99 Å². The monoisotopic (exact) mass is 487 g/mol. The number of amides is 2. The lowest BCUT2D eigenvalue weighted by Gasteiger charge is -2.13. The number of anilines is 1. The van der Waals surface area contributed by atoms with Crippen LogP contribution < -0.4 is 10.1 Å². The second-order valence-corrected chi connectivity index (χ2v) is 9.20. The highest BCUT2D eigenvalue weighted by atomic mass is 32.1. The van der Waals surface area contributed by atoms with E-state index in [-0.39, 0.29) is 12.3 Å². The van der Waals surface area contributed by atoms with Crippen molar-refractivity contribution in [2.45, 2.75) is 32.7 Å². The van der Waals surface area contributed by atoms with E-state index in [1.165, 1.54) is 11.3 Å². The first kappa shape index (κ1) is 24.1. The summed E-state index contributed by atoms with van der Waals surface area (Å²) in [6, 6.07) is 20.9. The van der Waals surface area contributed by atoms with Crippen molar-refractivity contribution in [3.63, 3.8) is 0 Å². The van der Waals surface area contributed by atoms with Crippen molar-refractivity contribution < 1.29 is 19.5 Å². The molecule has 0 spiro atoms. The van der Waals surface area contributed by atoms with Gasteiger partial charge >= 0.3 is 5.97 Å². The summed E-state index contributed by atoms with van der Waals surface area (Å²) in [4.78, 5) is 41.9. The fraction of sp³-hybridized carbons (Fsp3) is 0.185. The molecule has 1 atom stereocenters. The van der Waals surface area contributed by atoms with E-state index in [9.17, 15) is 19.5 Å². The minimum Gasteiger partial charge on any atom is -0.480 e. The number of aliphatic carboxylic acids is 1. The summed E-state index contributed by atoms with van der Waals surface area (Å²) in [5, 5.41) is 12.7. The number of carbonyl (C=O) groups is 3. The van der Waals surface area contributed by atoms with Crippen LogP contribution in [-0.4, -0.2) is 27.5 Å². The largest absolute Gasteiger partial charge is 0.480 e. The van der Waals surface area contributed by atoms with Gasteiger partial charge < -0.3 is 15.0 Å². The van der Waals surface area contributed by atoms with Crippen LogP contribution in [0, 0.1) is 6.92 Å². The van der Waals surface area contributed by atoms with E-state index in [4.69, 9.17) is 0 Å². The molecule has 0 aliphatic carbocycles. The second kappa shape index (κ2) is 10.5. The molecule has 0 aliphatic heterocycles. The van der Waals surface area contributed by atoms with E-state index in [1.807, 2.05) is 49.4 Å². The third-order valence-electron chi connectivity index (χ3n) is 5.60. The summed E-state index contributed by atoms with van der Waals surface area (Å²) >= 11 is 1.22. The number of rotatable bonds is 7. The number of aromatic nitrogens is 1. The maximum absolute atomic E-state index is 12.8. The van der Waals surface area contributed by atoms with Crippen LogP contribution >= 0.6 is 11.3 Å². The van der Waals surface area contributed by atoms with Crippen molar-refractivity contribution in [2.75, 3.05) is 5.32 Å². The van der Waals surface area contributed by atoms with Crippen LogP contribution in [0.25, 0.3) is 10.2 Å². The number of aryl methyl sites for hydroxylation is 1. The molecule has 35 heavy (non-hydrogen) atoms. The van der Waals surface area contributed by atoms with Crippen LogP contribution in [0.1, 0.15) is 40.9 Å². The Morgan fingerprint density at radius 3 is 2.40 bits per heavy atom. The number of hydrogen-bond acceptors (Lipinski definition) is 4. The van der Waals surface area contributed by atoms with Crippen molar-refractivity contribution in [3.05, 3.63) is 94.3 Å². The van der Waals surface area contributed by atoms with Crippen molar-refractivity contribution in [3.8, 4) is 0 Å². The minimum atomic E-state index is -1.00. The van der Waals surface area contributed by atoms with Gasteiger partial charge in [0, 0.05) is 11.3 Å². The van der Waals surface area contributed by atoms with Crippen LogP contribution in [0.2, 0.25) is 0 Å². The molecule has 1 unspecified atom stereocenters. The molecule has 0 fully saturated rings. The molecule has 2 N–H and O–H groups in total. The molecule has 1 aromatic heterocycles. The highest BCUT2D eigenvalue weighted by Crippen LogP contribution is 2.26. The molecule has 0 radical (unpaired) electrons. The summed E-state index contributed by atoms with van der Waals surface area (Å²) in [5.41, 5.74) is 3.59. The number of benzene rings is 3. The topological polar surface area (TPSA) is 101 Å². The molecule has 0 aliphatic rings. The van der Waals surface area contributed by atoms with Gasteiger partial charge in [-0.15, -0.1) is 0 Å². The molecule has 4 rings (SSSR count). The third-order valence-corrected chi connectivity index (χ3v) is 6.61. The van der Waals surface area contributed by atoms with Gasteiger partial charge in [-0.2, -0.15) is 4.99 Å². The van der Waals surface area contributed by atoms with Crippen molar-refractivity contribution in [1.29, 1.82) is 0 Å². The Labute approximate surface area is 206 Å². The standard InChI is InChI=1S/C27H25N3O4S/c1-3-21(26(33)34)30-22-14-13-20(28-24(31)15-18-7-5-4-6-8-18)16-23(22)35-27(30)29-25(32)19-11-9-17(2)10-12-19/h4-14,16,21H,3,15H2,1-2H3,(H,28,31)(H,33,34). The van der Waals surface area contributed by atoms with Gasteiger partial charge in [0.15, 0.2) is 4.80 Å². The maximum Gasteiger partial charge on any atom is 0.326 e. The lowest BCUT2D eigenvalue weighted by molar-refractivity contribution is -0.141. The predicted octanol–water partition coefficient (Wildman–Crippen LogP) is 4.97. The lowest BCUT2D eigenvalue weighted by atomic mass is 10.1. The molecule has 3 aromatic carbocycles. The molecule has 0 bridgehead atoms. The van der Waals surface area contributed by atoms with Gasteiger partial charge in [0.05, 0.1) is 16.6 Å². The SMILES string of the molecule is CCC(C(=O)O)n1c(=NC(=O)c2ccc(C)cc2)sc2cc(NC(=O)Cc3ccccc3)ccc21. The number of hydrogen-bond donors (Lipinski definition) is 2. The number of nitrogens with zero attached hydrogens (tertiary/aromatic N) is 2. The molecule has 178 valence electrons. The minimum absolute atomic E-state index is 0.156. The molecule has 2 amide bonds. The highest BCUT2D eigenvalue weighted by molar-refractivity contribution is 7.16. The van der Waals surface area contributed by atoms with E-state index in [0.29, 0.717) is 28.0 Å². The molecule has 8 heteroatoms. The smallest absolute Gasteiger partial charge is 0.326 e. The first-order chi connectivity index (χ1) is 16.9. The van der Waals surface area contributed by atoms with Crippen LogP contribution in [0.5, 0.6) is 0 Å². The Morgan fingerprint density at radius 1 is 1.03 bits per heavy atom. The first-order valence-electron chi connectivity index (χ1n) is 11.2. The Bertz CT molecular complexity index is 1450. The summed E-state index contributed by atoms with van der Waals surface area (Å²) in [6.45, 7) is 3.71. The molecule has 0 saturated heterocycles. The van der Waals surface area contributed by atoms with Gasteiger partial charge in [-0.3, -0.25) is 9.59 Å². The molecule has 1 heterocycles. The zero-order chi connectivity index (χ0) is 24.9. The summed E-state index contributed by atoms with van der Waals surface area (Å²) in [5.74, 6) is -1.60. The van der Waals surface area contributed by atoms with E-state index in [2.05, 4.69) is 10.3 Å². The van der Waals surface area contributed by atoms with Crippen LogP contribution in [-0.2, 0) is 16.0 Å². The number of carbonyl (C=O) groups excluding carboxylic acids is 2. The van der Waals surface area contributed by atoms with Gasteiger partial charge in [0.25, 0.3) is 5.91 Å². The zero-order valence-electron chi connectivity index (χ0n) is 19.4. The molecular weight excluding hydrogens is 462 g/mol. The van der Waals surface area contributed by atoms with E-state index < -0.39 is 17.9 Å². The Kier molecular flexibility index (Phi) is 7.22. The number of carboxylic acids is 1. The second-order valence-electron chi connectivity index (χ2n) is 8.19. The highest BCUT2D eigenvalue weighted by Gasteiger charge is 2.22. The summed E-state index contributed by atoms with van der Waals surface area (Å²) in [6.07, 6.45) is 0.564. The van der Waals surface area contributed by atoms with E-state index in [1.54, 1.807) is 41.8 Å². The average molecular weight is 488 g/mol. The molecular formula is C27H25N3O4S. The lowest BCUT2D eigenvalue weighted by Crippen LogP contribution is -2.27. The fourth-order valence-corrected chi connectivity index (χ4v) is 4.91. The first-order valence-corrected chi connectivity index (χ1v) is 12.0. The number of thiazole rings is 1. The molecule has 0 saturated carbocycles. The summed E-state index contributed by atoms with van der Waals surface area (Å²) in [7, 11) is 0. The number of nitrogens with one attached hydrogen (secondary N) is 1.